The van der Waals surface area contributed by atoms with E-state index in [-0.39, 0.29) is 6.61 Å². The Hall–Kier alpha value is -1.95. The first-order chi connectivity index (χ1) is 12.5. The summed E-state index contributed by atoms with van der Waals surface area (Å²) in [6, 6.07) is 5.73. The Balaban J connectivity index is 2.87. The van der Waals surface area contributed by atoms with Crippen molar-refractivity contribution in [3.8, 4) is 11.5 Å². The molecule has 3 N–H and O–H groups in total. The molecule has 0 aliphatic carbocycles. The van der Waals surface area contributed by atoms with Crippen LogP contribution in [-0.2, 0) is 0 Å². The Morgan fingerprint density at radius 3 is 2.58 bits per heavy atom. The molecule has 1 aromatic carbocycles. The maximum Gasteiger partial charge on any atom is 0.195 e. The molecule has 0 fully saturated rings. The molecule has 1 aromatic rings. The number of aliphatic imine (C=N–C) groups is 1. The molecule has 0 aliphatic heterocycles. The molecule has 1 atom stereocenters. The molecular weight excluding hydrogens is 330 g/mol. The highest BCUT2D eigenvalue weighted by atomic mass is 16.5. The fourth-order valence-corrected chi connectivity index (χ4v) is 2.82. The van der Waals surface area contributed by atoms with E-state index in [2.05, 4.69) is 24.5 Å². The van der Waals surface area contributed by atoms with E-state index in [1.54, 1.807) is 7.11 Å². The van der Waals surface area contributed by atoms with Gasteiger partial charge >= 0.3 is 0 Å². The molecule has 6 nitrogen and oxygen atoms in total. The van der Waals surface area contributed by atoms with Gasteiger partial charge in [-0.25, -0.2) is 0 Å². The predicted octanol–water partition coefficient (Wildman–Crippen LogP) is 3.52. The van der Waals surface area contributed by atoms with Crippen LogP contribution < -0.4 is 20.1 Å². The normalized spacial score (nSPS) is 12.8. The maximum atomic E-state index is 9.28. The van der Waals surface area contributed by atoms with Gasteiger partial charge in [-0.2, -0.15) is 0 Å². The Labute approximate surface area is 158 Å². The highest BCUT2D eigenvalue weighted by Gasteiger charge is 2.11. The minimum absolute atomic E-state index is 0.201. The van der Waals surface area contributed by atoms with Crippen LogP contribution in [0.5, 0.6) is 11.5 Å². The second-order valence-corrected chi connectivity index (χ2v) is 6.65. The van der Waals surface area contributed by atoms with Crippen LogP contribution in [0.25, 0.3) is 0 Å². The first-order valence-electron chi connectivity index (χ1n) is 9.50. The monoisotopic (exact) mass is 365 g/mol. The standard InChI is InChI=1S/C20H35N3O3/c1-6-21-20(22-14-16(10-11-24)12-15(3)4)23-17-8-9-18(25-5)19(13-17)26-7-2/h8-9,13,15-16,24H,6-7,10-12,14H2,1-5H3,(H2,21,22,23). The van der Waals surface area contributed by atoms with E-state index in [1.165, 1.54) is 0 Å². The number of anilines is 1. The van der Waals surface area contributed by atoms with Gasteiger partial charge in [-0.15, -0.1) is 0 Å². The third kappa shape index (κ3) is 7.95. The summed E-state index contributed by atoms with van der Waals surface area (Å²) in [5.74, 6) is 3.11. The summed E-state index contributed by atoms with van der Waals surface area (Å²) in [5, 5.41) is 15.9. The van der Waals surface area contributed by atoms with E-state index in [0.29, 0.717) is 36.5 Å². The minimum Gasteiger partial charge on any atom is -0.493 e. The number of ether oxygens (including phenoxy) is 2. The van der Waals surface area contributed by atoms with Crippen LogP contribution in [0.3, 0.4) is 0 Å². The van der Waals surface area contributed by atoms with Gasteiger partial charge in [0, 0.05) is 31.5 Å². The molecule has 0 aliphatic rings. The summed E-state index contributed by atoms with van der Waals surface area (Å²) < 4.78 is 11.0. The van der Waals surface area contributed by atoms with Crippen molar-refractivity contribution in [1.82, 2.24) is 5.32 Å². The fraction of sp³-hybridized carbons (Fsp3) is 0.650. The molecule has 0 saturated heterocycles. The number of guanidine groups is 1. The predicted molar refractivity (Wildman–Crippen MR) is 108 cm³/mol. The van der Waals surface area contributed by atoms with Crippen molar-refractivity contribution in [2.24, 2.45) is 16.8 Å². The molecule has 0 aromatic heterocycles. The van der Waals surface area contributed by atoms with Gasteiger partial charge < -0.3 is 25.2 Å². The van der Waals surface area contributed by atoms with Gasteiger partial charge in [0.05, 0.1) is 13.7 Å². The number of hydrogen-bond donors (Lipinski definition) is 3. The summed E-state index contributed by atoms with van der Waals surface area (Å²) in [5.41, 5.74) is 0.886. The molecule has 1 unspecified atom stereocenters. The summed E-state index contributed by atoms with van der Waals surface area (Å²) in [6.07, 6.45) is 1.83. The van der Waals surface area contributed by atoms with Crippen LogP contribution in [0, 0.1) is 11.8 Å². The van der Waals surface area contributed by atoms with E-state index in [9.17, 15) is 5.11 Å². The van der Waals surface area contributed by atoms with Crippen LogP contribution in [0.1, 0.15) is 40.5 Å². The molecule has 0 radical (unpaired) electrons. The van der Waals surface area contributed by atoms with Crippen molar-refractivity contribution in [2.45, 2.75) is 40.5 Å². The van der Waals surface area contributed by atoms with Gasteiger partial charge in [-0.1, -0.05) is 13.8 Å². The Morgan fingerprint density at radius 2 is 2.00 bits per heavy atom. The van der Waals surface area contributed by atoms with Gasteiger partial charge in [-0.3, -0.25) is 4.99 Å². The molecule has 0 saturated carbocycles. The first kappa shape index (κ1) is 22.1. The molecule has 0 spiro atoms. The fourth-order valence-electron chi connectivity index (χ4n) is 2.82. The van der Waals surface area contributed by atoms with Gasteiger partial charge in [0.2, 0.25) is 0 Å². The number of methoxy groups -OCH3 is 1. The average molecular weight is 366 g/mol. The van der Waals surface area contributed by atoms with Crippen molar-refractivity contribution in [3.63, 3.8) is 0 Å². The van der Waals surface area contributed by atoms with Gasteiger partial charge in [0.15, 0.2) is 17.5 Å². The lowest BCUT2D eigenvalue weighted by Crippen LogP contribution is -2.31. The van der Waals surface area contributed by atoms with Crippen LogP contribution in [0.15, 0.2) is 23.2 Å². The number of aliphatic hydroxyl groups excluding tert-OH is 1. The minimum atomic E-state index is 0.201. The van der Waals surface area contributed by atoms with E-state index < -0.39 is 0 Å². The zero-order chi connectivity index (χ0) is 19.4. The van der Waals surface area contributed by atoms with E-state index in [4.69, 9.17) is 14.5 Å². The number of aliphatic hydroxyl groups is 1. The third-order valence-electron chi connectivity index (χ3n) is 3.92. The molecule has 0 heterocycles. The second-order valence-electron chi connectivity index (χ2n) is 6.65. The highest BCUT2D eigenvalue weighted by Crippen LogP contribution is 2.30. The highest BCUT2D eigenvalue weighted by molar-refractivity contribution is 5.93. The summed E-state index contributed by atoms with van der Waals surface area (Å²) in [6.45, 7) is 10.6. The largest absolute Gasteiger partial charge is 0.493 e. The lowest BCUT2D eigenvalue weighted by molar-refractivity contribution is 0.246. The zero-order valence-corrected chi connectivity index (χ0v) is 16.8. The van der Waals surface area contributed by atoms with Crippen molar-refractivity contribution in [3.05, 3.63) is 18.2 Å². The van der Waals surface area contributed by atoms with Crippen LogP contribution in [0.2, 0.25) is 0 Å². The van der Waals surface area contributed by atoms with Crippen molar-refractivity contribution >= 4 is 11.6 Å². The van der Waals surface area contributed by atoms with E-state index in [0.717, 1.165) is 31.0 Å². The molecule has 0 bridgehead atoms. The first-order valence-corrected chi connectivity index (χ1v) is 9.50. The van der Waals surface area contributed by atoms with E-state index in [1.807, 2.05) is 32.0 Å². The van der Waals surface area contributed by atoms with Gasteiger partial charge in [0.25, 0.3) is 0 Å². The Kier molecular flexibility index (Phi) is 10.5. The molecular formula is C20H35N3O3. The molecule has 148 valence electrons. The van der Waals surface area contributed by atoms with Crippen LogP contribution in [0.4, 0.5) is 5.69 Å². The lowest BCUT2D eigenvalue weighted by atomic mass is 9.94. The summed E-state index contributed by atoms with van der Waals surface area (Å²) in [4.78, 5) is 4.71. The zero-order valence-electron chi connectivity index (χ0n) is 16.8. The Bertz CT molecular complexity index is 547. The number of rotatable bonds is 11. The molecule has 0 amide bonds. The summed E-state index contributed by atoms with van der Waals surface area (Å²) in [7, 11) is 1.63. The molecule has 26 heavy (non-hydrogen) atoms. The van der Waals surface area contributed by atoms with Gasteiger partial charge in [-0.05, 0) is 50.7 Å². The van der Waals surface area contributed by atoms with Crippen molar-refractivity contribution in [2.75, 3.05) is 38.7 Å². The number of nitrogens with zero attached hydrogens (tertiary/aromatic N) is 1. The lowest BCUT2D eigenvalue weighted by Gasteiger charge is -2.18. The van der Waals surface area contributed by atoms with E-state index >= 15 is 0 Å². The number of nitrogens with one attached hydrogen (secondary N) is 2. The number of benzene rings is 1. The maximum absolute atomic E-state index is 9.28. The quantitative estimate of drug-likeness (QED) is 0.413. The second kappa shape index (κ2) is 12.4. The average Bonchev–Trinajstić information content (AvgIpc) is 2.60. The number of hydrogen-bond acceptors (Lipinski definition) is 4. The third-order valence-corrected chi connectivity index (χ3v) is 3.92. The van der Waals surface area contributed by atoms with Crippen LogP contribution in [-0.4, -0.2) is 44.5 Å². The van der Waals surface area contributed by atoms with Crippen molar-refractivity contribution < 1.29 is 14.6 Å². The SMILES string of the molecule is CCNC(=NCC(CCO)CC(C)C)Nc1ccc(OC)c(OCC)c1. The summed E-state index contributed by atoms with van der Waals surface area (Å²) >= 11 is 0. The van der Waals surface area contributed by atoms with Gasteiger partial charge in [0.1, 0.15) is 0 Å². The Morgan fingerprint density at radius 1 is 1.23 bits per heavy atom. The molecule has 6 heteroatoms. The smallest absolute Gasteiger partial charge is 0.195 e. The topological polar surface area (TPSA) is 75.1 Å². The molecule has 1 rings (SSSR count). The van der Waals surface area contributed by atoms with Crippen molar-refractivity contribution in [1.29, 1.82) is 0 Å². The van der Waals surface area contributed by atoms with Crippen LogP contribution >= 0.6 is 0 Å².